The lowest BCUT2D eigenvalue weighted by Gasteiger charge is -2.49. The van der Waals surface area contributed by atoms with Crippen LogP contribution in [-0.2, 0) is 5.41 Å². The molecule has 2 aliphatic heterocycles. The second kappa shape index (κ2) is 5.16. The highest BCUT2D eigenvalue weighted by molar-refractivity contribution is 5.63. The van der Waals surface area contributed by atoms with E-state index in [9.17, 15) is 0 Å². The maximum atomic E-state index is 6.12. The Kier molecular flexibility index (Phi) is 3.67. The van der Waals surface area contributed by atoms with Crippen LogP contribution in [-0.4, -0.2) is 42.7 Å². The van der Waals surface area contributed by atoms with E-state index < -0.39 is 0 Å². The lowest BCUT2D eigenvalue weighted by atomic mass is 9.86. The summed E-state index contributed by atoms with van der Waals surface area (Å²) in [5, 5.41) is 0. The molecule has 0 aliphatic carbocycles. The van der Waals surface area contributed by atoms with Crippen molar-refractivity contribution < 1.29 is 4.74 Å². The maximum absolute atomic E-state index is 6.12. The van der Waals surface area contributed by atoms with Crippen molar-refractivity contribution in [2.24, 2.45) is 0 Å². The summed E-state index contributed by atoms with van der Waals surface area (Å²) in [6.45, 7) is 17.8. The molecule has 1 unspecified atom stereocenters. The summed E-state index contributed by atoms with van der Waals surface area (Å²) in [6.07, 6.45) is 0. The van der Waals surface area contributed by atoms with E-state index in [0.717, 1.165) is 32.0 Å². The van der Waals surface area contributed by atoms with E-state index in [2.05, 4.69) is 69.5 Å². The molecular formula is C19H30N2O. The summed E-state index contributed by atoms with van der Waals surface area (Å²) in [6, 6.07) is 7.23. The van der Waals surface area contributed by atoms with Crippen molar-refractivity contribution >= 4 is 5.69 Å². The van der Waals surface area contributed by atoms with Gasteiger partial charge in [-0.3, -0.25) is 4.90 Å². The van der Waals surface area contributed by atoms with Gasteiger partial charge in [-0.25, -0.2) is 0 Å². The van der Waals surface area contributed by atoms with Crippen LogP contribution in [0.1, 0.15) is 47.1 Å². The normalized spacial score (nSPS) is 22.8. The van der Waals surface area contributed by atoms with E-state index in [0.29, 0.717) is 6.04 Å². The first-order valence-electron chi connectivity index (χ1n) is 8.45. The molecule has 22 heavy (non-hydrogen) atoms. The van der Waals surface area contributed by atoms with Crippen molar-refractivity contribution in [3.63, 3.8) is 0 Å². The van der Waals surface area contributed by atoms with E-state index in [1.807, 2.05) is 0 Å². The molecular weight excluding hydrogens is 272 g/mol. The van der Waals surface area contributed by atoms with Crippen LogP contribution < -0.4 is 9.64 Å². The molecule has 3 rings (SSSR count). The van der Waals surface area contributed by atoms with Gasteiger partial charge in [-0.2, -0.15) is 0 Å². The van der Waals surface area contributed by atoms with Crippen LogP contribution in [0.3, 0.4) is 0 Å². The summed E-state index contributed by atoms with van der Waals surface area (Å²) in [7, 11) is 0. The van der Waals surface area contributed by atoms with E-state index in [1.165, 1.54) is 11.3 Å². The number of nitrogens with zero attached hydrogens (tertiary/aromatic N) is 2. The third kappa shape index (κ3) is 2.83. The third-order valence-electron chi connectivity index (χ3n) is 5.00. The fourth-order valence-corrected chi connectivity index (χ4v) is 3.44. The van der Waals surface area contributed by atoms with Crippen molar-refractivity contribution in [1.29, 1.82) is 0 Å². The predicted octanol–water partition coefficient (Wildman–Crippen LogP) is 3.67. The zero-order valence-electron chi connectivity index (χ0n) is 14.9. The van der Waals surface area contributed by atoms with Crippen molar-refractivity contribution in [3.8, 4) is 5.75 Å². The van der Waals surface area contributed by atoms with Gasteiger partial charge in [0.25, 0.3) is 0 Å². The Morgan fingerprint density at radius 1 is 1.05 bits per heavy atom. The average Bonchev–Trinajstić information content (AvgIpc) is 2.44. The van der Waals surface area contributed by atoms with E-state index in [1.54, 1.807) is 0 Å². The SMILES string of the molecule is CC(C)(C)c1ccc2c(c1)OCC1CN(C(C)(C)C)CCN21. The summed E-state index contributed by atoms with van der Waals surface area (Å²) in [4.78, 5) is 5.12. The van der Waals surface area contributed by atoms with Crippen LogP contribution >= 0.6 is 0 Å². The quantitative estimate of drug-likeness (QED) is 0.727. The van der Waals surface area contributed by atoms with Gasteiger partial charge in [-0.05, 0) is 43.9 Å². The number of fused-ring (bicyclic) bond motifs is 3. The molecule has 0 bridgehead atoms. The Morgan fingerprint density at radius 3 is 2.41 bits per heavy atom. The molecule has 3 heteroatoms. The monoisotopic (exact) mass is 302 g/mol. The number of piperazine rings is 1. The first-order valence-corrected chi connectivity index (χ1v) is 8.45. The molecule has 1 aromatic rings. The number of benzene rings is 1. The van der Waals surface area contributed by atoms with Crippen LogP contribution in [0.2, 0.25) is 0 Å². The van der Waals surface area contributed by atoms with Crippen LogP contribution in [0.5, 0.6) is 5.75 Å². The largest absolute Gasteiger partial charge is 0.489 e. The van der Waals surface area contributed by atoms with Crippen molar-refractivity contribution in [3.05, 3.63) is 23.8 Å². The van der Waals surface area contributed by atoms with Gasteiger partial charge >= 0.3 is 0 Å². The highest BCUT2D eigenvalue weighted by Crippen LogP contribution is 2.39. The predicted molar refractivity (Wildman–Crippen MR) is 93.1 cm³/mol. The van der Waals surface area contributed by atoms with Gasteiger partial charge in [0.15, 0.2) is 0 Å². The maximum Gasteiger partial charge on any atom is 0.143 e. The summed E-state index contributed by atoms with van der Waals surface area (Å²) in [5.41, 5.74) is 3.03. The van der Waals surface area contributed by atoms with Crippen LogP contribution in [0.4, 0.5) is 5.69 Å². The molecule has 0 N–H and O–H groups in total. The van der Waals surface area contributed by atoms with Gasteiger partial charge in [-0.15, -0.1) is 0 Å². The highest BCUT2D eigenvalue weighted by Gasteiger charge is 2.36. The molecule has 1 saturated heterocycles. The van der Waals surface area contributed by atoms with Gasteiger partial charge in [0.2, 0.25) is 0 Å². The zero-order valence-corrected chi connectivity index (χ0v) is 14.9. The van der Waals surface area contributed by atoms with Crippen LogP contribution in [0.15, 0.2) is 18.2 Å². The fraction of sp³-hybridized carbons (Fsp3) is 0.684. The summed E-state index contributed by atoms with van der Waals surface area (Å²) < 4.78 is 6.12. The molecule has 0 saturated carbocycles. The zero-order chi connectivity index (χ0) is 16.1. The van der Waals surface area contributed by atoms with Crippen molar-refractivity contribution in [1.82, 2.24) is 4.90 Å². The van der Waals surface area contributed by atoms with E-state index in [-0.39, 0.29) is 11.0 Å². The summed E-state index contributed by atoms with van der Waals surface area (Å²) >= 11 is 0. The number of hydrogen-bond donors (Lipinski definition) is 0. The Balaban J connectivity index is 1.84. The minimum atomic E-state index is 0.167. The van der Waals surface area contributed by atoms with Crippen LogP contribution in [0, 0.1) is 0 Å². The van der Waals surface area contributed by atoms with E-state index in [4.69, 9.17) is 4.74 Å². The molecule has 0 spiro atoms. The molecule has 1 atom stereocenters. The highest BCUT2D eigenvalue weighted by atomic mass is 16.5. The molecule has 1 aromatic carbocycles. The second-order valence-corrected chi connectivity index (χ2v) is 8.71. The molecule has 3 nitrogen and oxygen atoms in total. The Bertz CT molecular complexity index is 554. The smallest absolute Gasteiger partial charge is 0.143 e. The fourth-order valence-electron chi connectivity index (χ4n) is 3.44. The van der Waals surface area contributed by atoms with Crippen LogP contribution in [0.25, 0.3) is 0 Å². The van der Waals surface area contributed by atoms with Gasteiger partial charge in [0.05, 0.1) is 11.7 Å². The number of hydrogen-bond acceptors (Lipinski definition) is 3. The van der Waals surface area contributed by atoms with Gasteiger partial charge in [0, 0.05) is 25.2 Å². The third-order valence-corrected chi connectivity index (χ3v) is 5.00. The van der Waals surface area contributed by atoms with Gasteiger partial charge < -0.3 is 9.64 Å². The molecule has 0 radical (unpaired) electrons. The minimum absolute atomic E-state index is 0.167. The average molecular weight is 302 g/mol. The Hall–Kier alpha value is -1.22. The first-order chi connectivity index (χ1) is 10.2. The minimum Gasteiger partial charge on any atom is -0.489 e. The molecule has 0 aromatic heterocycles. The second-order valence-electron chi connectivity index (χ2n) is 8.71. The lowest BCUT2D eigenvalue weighted by molar-refractivity contribution is 0.0889. The van der Waals surface area contributed by atoms with E-state index >= 15 is 0 Å². The molecule has 0 amide bonds. The topological polar surface area (TPSA) is 15.7 Å². The Morgan fingerprint density at radius 2 is 1.77 bits per heavy atom. The number of anilines is 1. The van der Waals surface area contributed by atoms with Gasteiger partial charge in [0.1, 0.15) is 12.4 Å². The van der Waals surface area contributed by atoms with Gasteiger partial charge in [-0.1, -0.05) is 26.8 Å². The molecule has 2 heterocycles. The van der Waals surface area contributed by atoms with Crippen molar-refractivity contribution in [2.45, 2.75) is 58.5 Å². The summed E-state index contributed by atoms with van der Waals surface area (Å²) in [5.74, 6) is 1.06. The standard InChI is InChI=1S/C19H30N2O/c1-18(2,3)14-7-8-16-17(11-14)22-13-15-12-20(19(4,5)6)9-10-21(15)16/h7-8,11,15H,9-10,12-13H2,1-6H3. The molecule has 122 valence electrons. The molecule has 2 aliphatic rings. The van der Waals surface area contributed by atoms with Crippen molar-refractivity contribution in [2.75, 3.05) is 31.1 Å². The number of ether oxygens (including phenoxy) is 1. The number of rotatable bonds is 0. The lowest BCUT2D eigenvalue weighted by Crippen LogP contribution is -2.61. The first kappa shape index (κ1) is 15.7. The molecule has 1 fully saturated rings. The Labute approximate surface area is 135 Å².